The summed E-state index contributed by atoms with van der Waals surface area (Å²) >= 11 is 0. The maximum atomic E-state index is 11.7. The lowest BCUT2D eigenvalue weighted by Crippen LogP contribution is -2.16. The predicted octanol–water partition coefficient (Wildman–Crippen LogP) is 3.74. The molecule has 1 heterocycles. The lowest BCUT2D eigenvalue weighted by Gasteiger charge is -2.10. The number of carbonyl (C=O) groups excluding carboxylic acids is 2. The summed E-state index contributed by atoms with van der Waals surface area (Å²) in [6.07, 6.45) is -0.620. The Morgan fingerprint density at radius 3 is 2.35 bits per heavy atom. The number of benzene rings is 3. The van der Waals surface area contributed by atoms with E-state index in [0.717, 1.165) is 10.8 Å². The topological polar surface area (TPSA) is 113 Å². The van der Waals surface area contributed by atoms with Gasteiger partial charge in [-0.2, -0.15) is 0 Å². The SMILES string of the molecule is CCOC(=O)Nc1nc2cccc3c(=C(O)c4ccc(NC(C)=O)cc4)ccc(n1)c23. The molecule has 0 aliphatic rings. The van der Waals surface area contributed by atoms with Gasteiger partial charge >= 0.3 is 6.09 Å². The molecule has 2 amide bonds. The molecule has 0 atom stereocenters. The van der Waals surface area contributed by atoms with E-state index < -0.39 is 6.09 Å². The van der Waals surface area contributed by atoms with Gasteiger partial charge in [-0.3, -0.25) is 10.1 Å². The van der Waals surface area contributed by atoms with Crippen molar-refractivity contribution in [2.24, 2.45) is 0 Å². The number of aromatic nitrogens is 2. The Morgan fingerprint density at radius 2 is 1.68 bits per heavy atom. The Bertz CT molecular complexity index is 1330. The first-order valence-corrected chi connectivity index (χ1v) is 9.70. The van der Waals surface area contributed by atoms with Gasteiger partial charge in [0.2, 0.25) is 11.9 Å². The maximum Gasteiger partial charge on any atom is 0.414 e. The number of carbonyl (C=O) groups is 2. The van der Waals surface area contributed by atoms with Crippen molar-refractivity contribution in [2.75, 3.05) is 17.2 Å². The molecular weight excluding hydrogens is 396 g/mol. The van der Waals surface area contributed by atoms with Crippen molar-refractivity contribution in [3.05, 3.63) is 65.4 Å². The van der Waals surface area contributed by atoms with E-state index in [1.54, 1.807) is 43.3 Å². The third kappa shape index (κ3) is 4.09. The number of anilines is 2. The summed E-state index contributed by atoms with van der Waals surface area (Å²) in [5, 5.41) is 18.4. The molecule has 156 valence electrons. The number of nitrogens with zero attached hydrogens (tertiary/aromatic N) is 2. The Hall–Kier alpha value is -4.20. The number of amides is 2. The second-order valence-corrected chi connectivity index (χ2v) is 6.83. The minimum atomic E-state index is -0.620. The zero-order valence-corrected chi connectivity index (χ0v) is 17.0. The standard InChI is InChI=1S/C23H20N4O4/c1-3-31-23(30)27-22-25-18-6-4-5-16-17(11-12-19(26-22)20(16)18)21(29)14-7-9-15(10-8-14)24-13(2)28/h4-12,29H,3H2,1-2H3,(H,24,28)(H,25,26,27,30). The van der Waals surface area contributed by atoms with Gasteiger partial charge in [0.05, 0.1) is 17.6 Å². The highest BCUT2D eigenvalue weighted by atomic mass is 16.5. The van der Waals surface area contributed by atoms with E-state index in [0.29, 0.717) is 27.5 Å². The van der Waals surface area contributed by atoms with Crippen LogP contribution in [0.3, 0.4) is 0 Å². The van der Waals surface area contributed by atoms with Crippen molar-refractivity contribution in [1.29, 1.82) is 0 Å². The molecule has 0 radical (unpaired) electrons. The van der Waals surface area contributed by atoms with E-state index in [2.05, 4.69) is 20.6 Å². The molecule has 3 N–H and O–H groups in total. The average molecular weight is 416 g/mol. The zero-order valence-electron chi connectivity index (χ0n) is 17.0. The van der Waals surface area contributed by atoms with E-state index in [-0.39, 0.29) is 24.2 Å². The van der Waals surface area contributed by atoms with Crippen LogP contribution >= 0.6 is 0 Å². The van der Waals surface area contributed by atoms with Gasteiger partial charge < -0.3 is 15.2 Å². The highest BCUT2D eigenvalue weighted by Gasteiger charge is 2.12. The van der Waals surface area contributed by atoms with Crippen LogP contribution in [0.25, 0.3) is 27.6 Å². The normalized spacial score (nSPS) is 11.9. The lowest BCUT2D eigenvalue weighted by atomic mass is 10.0. The fourth-order valence-electron chi connectivity index (χ4n) is 3.40. The van der Waals surface area contributed by atoms with Crippen molar-refractivity contribution in [3.8, 4) is 0 Å². The molecule has 8 nitrogen and oxygen atoms in total. The zero-order chi connectivity index (χ0) is 22.0. The van der Waals surface area contributed by atoms with Gasteiger partial charge in [0, 0.05) is 28.8 Å². The van der Waals surface area contributed by atoms with Crippen molar-refractivity contribution < 1.29 is 19.4 Å². The number of rotatable bonds is 4. The third-order valence-corrected chi connectivity index (χ3v) is 4.67. The largest absolute Gasteiger partial charge is 0.507 e. The van der Waals surface area contributed by atoms with Gasteiger partial charge in [-0.15, -0.1) is 0 Å². The fourth-order valence-corrected chi connectivity index (χ4v) is 3.40. The molecule has 0 aliphatic heterocycles. The van der Waals surface area contributed by atoms with Crippen LogP contribution in [-0.4, -0.2) is 33.7 Å². The van der Waals surface area contributed by atoms with Crippen LogP contribution in [0.1, 0.15) is 19.4 Å². The van der Waals surface area contributed by atoms with Crippen molar-refractivity contribution in [2.45, 2.75) is 13.8 Å². The number of hydrogen-bond donors (Lipinski definition) is 3. The summed E-state index contributed by atoms with van der Waals surface area (Å²) < 4.78 is 4.88. The number of nitrogens with one attached hydrogen (secondary N) is 2. The smallest absolute Gasteiger partial charge is 0.414 e. The van der Waals surface area contributed by atoms with Crippen LogP contribution in [0.4, 0.5) is 16.4 Å². The summed E-state index contributed by atoms with van der Waals surface area (Å²) in [6, 6.07) is 16.0. The molecule has 0 unspecified atom stereocenters. The minimum absolute atomic E-state index is 0.0949. The number of aliphatic hydroxyl groups excluding tert-OH is 1. The average Bonchev–Trinajstić information content (AvgIpc) is 2.74. The van der Waals surface area contributed by atoms with Crippen LogP contribution in [0.5, 0.6) is 0 Å². The molecule has 0 aliphatic carbocycles. The minimum Gasteiger partial charge on any atom is -0.507 e. The molecule has 0 fully saturated rings. The van der Waals surface area contributed by atoms with E-state index in [1.165, 1.54) is 6.92 Å². The number of ether oxygens (including phenoxy) is 1. The summed E-state index contributed by atoms with van der Waals surface area (Å²) in [7, 11) is 0. The molecule has 31 heavy (non-hydrogen) atoms. The van der Waals surface area contributed by atoms with Gasteiger partial charge in [0.15, 0.2) is 0 Å². The van der Waals surface area contributed by atoms with Crippen LogP contribution in [0.2, 0.25) is 0 Å². The van der Waals surface area contributed by atoms with Gasteiger partial charge in [-0.25, -0.2) is 14.8 Å². The van der Waals surface area contributed by atoms with E-state index in [4.69, 9.17) is 4.74 Å². The maximum absolute atomic E-state index is 11.7. The fraction of sp³-hybridized carbons (Fsp3) is 0.130. The monoisotopic (exact) mass is 416 g/mol. The van der Waals surface area contributed by atoms with Crippen LogP contribution in [-0.2, 0) is 9.53 Å². The van der Waals surface area contributed by atoms with Gasteiger partial charge in [-0.1, -0.05) is 12.1 Å². The Morgan fingerprint density at radius 1 is 0.968 bits per heavy atom. The summed E-state index contributed by atoms with van der Waals surface area (Å²) in [5.41, 5.74) is 2.52. The second kappa shape index (κ2) is 8.27. The summed E-state index contributed by atoms with van der Waals surface area (Å²) in [6.45, 7) is 3.40. The van der Waals surface area contributed by atoms with Crippen LogP contribution in [0, 0.1) is 0 Å². The summed E-state index contributed by atoms with van der Waals surface area (Å²) in [4.78, 5) is 31.7. The molecule has 0 spiro atoms. The number of hydrogen-bond acceptors (Lipinski definition) is 6. The molecule has 8 heteroatoms. The van der Waals surface area contributed by atoms with Gasteiger partial charge in [0.25, 0.3) is 0 Å². The molecule has 4 aromatic rings. The predicted molar refractivity (Wildman–Crippen MR) is 119 cm³/mol. The van der Waals surface area contributed by atoms with Gasteiger partial charge in [-0.05, 0) is 54.8 Å². The number of aliphatic hydroxyl groups is 1. The first-order valence-electron chi connectivity index (χ1n) is 9.70. The Labute approximate surface area is 177 Å². The molecule has 1 aromatic heterocycles. The van der Waals surface area contributed by atoms with Gasteiger partial charge in [0.1, 0.15) is 5.76 Å². The van der Waals surface area contributed by atoms with Crippen molar-refractivity contribution >= 4 is 51.2 Å². The van der Waals surface area contributed by atoms with E-state index >= 15 is 0 Å². The molecule has 3 aromatic carbocycles. The molecule has 4 rings (SSSR count). The third-order valence-electron chi connectivity index (χ3n) is 4.67. The van der Waals surface area contributed by atoms with E-state index in [1.807, 2.05) is 18.2 Å². The van der Waals surface area contributed by atoms with Crippen LogP contribution in [0.15, 0.2) is 54.6 Å². The first kappa shape index (κ1) is 20.1. The van der Waals surface area contributed by atoms with Crippen molar-refractivity contribution in [1.82, 2.24) is 9.97 Å². The highest BCUT2D eigenvalue weighted by Crippen LogP contribution is 2.24. The summed E-state index contributed by atoms with van der Waals surface area (Å²) in [5.74, 6) is 0.0797. The molecule has 0 bridgehead atoms. The molecule has 0 saturated heterocycles. The highest BCUT2D eigenvalue weighted by molar-refractivity contribution is 6.08. The quantitative estimate of drug-likeness (QED) is 0.467. The Balaban J connectivity index is 1.82. The second-order valence-electron chi connectivity index (χ2n) is 6.83. The lowest BCUT2D eigenvalue weighted by molar-refractivity contribution is -0.114. The first-order chi connectivity index (χ1) is 15.0. The Kier molecular flexibility index (Phi) is 5.36. The van der Waals surface area contributed by atoms with E-state index in [9.17, 15) is 14.7 Å². The molecule has 0 saturated carbocycles. The molecular formula is C23H20N4O4. The van der Waals surface area contributed by atoms with Crippen LogP contribution < -0.4 is 15.9 Å². The van der Waals surface area contributed by atoms with Crippen molar-refractivity contribution in [3.63, 3.8) is 0 Å².